The second-order valence-corrected chi connectivity index (χ2v) is 12.2. The Morgan fingerprint density at radius 2 is 1.74 bits per heavy atom. The minimum atomic E-state index is -0.919. The number of carbonyl (C=O) groups excluding carboxylic acids is 3. The Morgan fingerprint density at radius 3 is 2.43 bits per heavy atom. The Morgan fingerprint density at radius 1 is 1.05 bits per heavy atom. The molecule has 0 atom stereocenters. The molecule has 0 radical (unpaired) electrons. The fraction of sp³-hybridized carbons (Fsp3) is 0.452. The molecule has 6 rings (SSSR count). The zero-order valence-corrected chi connectivity index (χ0v) is 24.1. The van der Waals surface area contributed by atoms with Gasteiger partial charge in [-0.1, -0.05) is 24.3 Å². The number of nitrogens with one attached hydrogen (secondary N) is 2. The number of amides is 3. The van der Waals surface area contributed by atoms with Gasteiger partial charge in [-0.2, -0.15) is 5.10 Å². The van der Waals surface area contributed by atoms with Crippen molar-refractivity contribution < 1.29 is 23.9 Å². The van der Waals surface area contributed by atoms with Crippen LogP contribution in [0.15, 0.2) is 41.2 Å². The maximum absolute atomic E-state index is 13.8. The highest BCUT2D eigenvalue weighted by molar-refractivity contribution is 5.98. The maximum Gasteiger partial charge on any atom is 0.408 e. The Labute approximate surface area is 243 Å². The molecule has 3 aliphatic rings. The first-order valence-electron chi connectivity index (χ1n) is 14.4. The molecular formula is C31H35N5O6. The van der Waals surface area contributed by atoms with Crippen LogP contribution in [0.25, 0.3) is 10.8 Å². The SMILES string of the molecule is CC(C)(C)OC(=O)NC1(C(=O)N2CCN(C(=O)c3cc(Cc4n[nH]c(=O)c5ccccc45)cc4c3OCC4)CC2)CC1. The molecule has 1 aliphatic carbocycles. The lowest BCUT2D eigenvalue weighted by Crippen LogP contribution is -2.57. The summed E-state index contributed by atoms with van der Waals surface area (Å²) in [5.74, 6) is 0.335. The van der Waals surface area contributed by atoms with Gasteiger partial charge in [-0.3, -0.25) is 14.4 Å². The van der Waals surface area contributed by atoms with Gasteiger partial charge in [0.2, 0.25) is 5.91 Å². The van der Waals surface area contributed by atoms with Gasteiger partial charge in [-0.15, -0.1) is 0 Å². The lowest BCUT2D eigenvalue weighted by atomic mass is 9.98. The third kappa shape index (κ3) is 5.43. The van der Waals surface area contributed by atoms with E-state index >= 15 is 0 Å². The largest absolute Gasteiger partial charge is 0.492 e. The van der Waals surface area contributed by atoms with Crippen molar-refractivity contribution in [2.24, 2.45) is 0 Å². The van der Waals surface area contributed by atoms with Gasteiger partial charge in [0.05, 0.1) is 23.3 Å². The molecule has 2 aromatic carbocycles. The second-order valence-electron chi connectivity index (χ2n) is 12.2. The van der Waals surface area contributed by atoms with E-state index in [4.69, 9.17) is 9.47 Å². The van der Waals surface area contributed by atoms with Crippen molar-refractivity contribution in [2.45, 2.75) is 57.6 Å². The van der Waals surface area contributed by atoms with E-state index < -0.39 is 17.2 Å². The van der Waals surface area contributed by atoms with Gasteiger partial charge in [0.25, 0.3) is 11.5 Å². The Balaban J connectivity index is 1.16. The summed E-state index contributed by atoms with van der Waals surface area (Å²) in [5.41, 5.74) is 1.30. The average Bonchev–Trinajstić information content (AvgIpc) is 3.58. The summed E-state index contributed by atoms with van der Waals surface area (Å²) in [4.78, 5) is 55.1. The number of alkyl carbamates (subject to hydrolysis) is 1. The van der Waals surface area contributed by atoms with Gasteiger partial charge >= 0.3 is 6.09 Å². The van der Waals surface area contributed by atoms with Crippen molar-refractivity contribution in [3.63, 3.8) is 0 Å². The number of piperazine rings is 1. The average molecular weight is 574 g/mol. The zero-order chi connectivity index (χ0) is 29.6. The standard InChI is InChI=1S/C31H35N5O6/c1-30(2,3)42-29(40)32-31(9-10-31)28(39)36-13-11-35(12-14-36)27(38)23-17-19(16-20-8-15-41-25(20)23)18-24-21-6-4-5-7-22(21)26(37)34-33-24/h4-7,16-17H,8-15,18H2,1-3H3,(H,32,40)(H,34,37). The predicted octanol–water partition coefficient (Wildman–Crippen LogP) is 2.79. The predicted molar refractivity (Wildman–Crippen MR) is 155 cm³/mol. The first kappa shape index (κ1) is 27.7. The molecule has 3 heterocycles. The normalized spacial score (nSPS) is 17.4. The van der Waals surface area contributed by atoms with Crippen LogP contribution in [0.5, 0.6) is 5.75 Å². The molecule has 42 heavy (non-hydrogen) atoms. The number of rotatable bonds is 5. The van der Waals surface area contributed by atoms with Crippen LogP contribution < -0.4 is 15.6 Å². The number of benzene rings is 2. The maximum atomic E-state index is 13.8. The van der Waals surface area contributed by atoms with Crippen LogP contribution in [0.3, 0.4) is 0 Å². The van der Waals surface area contributed by atoms with Gasteiger partial charge < -0.3 is 24.6 Å². The van der Waals surface area contributed by atoms with Crippen molar-refractivity contribution in [1.82, 2.24) is 25.3 Å². The Hall–Kier alpha value is -4.41. The van der Waals surface area contributed by atoms with Crippen LogP contribution in [-0.4, -0.2) is 81.8 Å². The number of fused-ring (bicyclic) bond motifs is 2. The van der Waals surface area contributed by atoms with Gasteiger partial charge in [0.1, 0.15) is 16.9 Å². The van der Waals surface area contributed by atoms with Crippen molar-refractivity contribution in [3.05, 3.63) is 69.1 Å². The molecule has 2 fully saturated rings. The highest BCUT2D eigenvalue weighted by atomic mass is 16.6. The monoisotopic (exact) mass is 573 g/mol. The highest BCUT2D eigenvalue weighted by Gasteiger charge is 2.54. The Kier molecular flexibility index (Phi) is 6.90. The van der Waals surface area contributed by atoms with E-state index in [-0.39, 0.29) is 17.4 Å². The van der Waals surface area contributed by atoms with Gasteiger partial charge in [-0.05, 0) is 56.9 Å². The number of carbonyl (C=O) groups is 3. The molecule has 0 spiro atoms. The van der Waals surface area contributed by atoms with Gasteiger partial charge in [-0.25, -0.2) is 9.89 Å². The number of H-pyrrole nitrogens is 1. The third-order valence-electron chi connectivity index (χ3n) is 7.97. The minimum Gasteiger partial charge on any atom is -0.492 e. The fourth-order valence-corrected chi connectivity index (χ4v) is 5.74. The summed E-state index contributed by atoms with van der Waals surface area (Å²) in [6, 6.07) is 11.3. The highest BCUT2D eigenvalue weighted by Crippen LogP contribution is 2.38. The molecule has 0 bridgehead atoms. The second kappa shape index (κ2) is 10.5. The fourth-order valence-electron chi connectivity index (χ4n) is 5.74. The topological polar surface area (TPSA) is 134 Å². The van der Waals surface area contributed by atoms with E-state index in [0.29, 0.717) is 75.2 Å². The molecular weight excluding hydrogens is 538 g/mol. The van der Waals surface area contributed by atoms with Crippen molar-refractivity contribution in [1.29, 1.82) is 0 Å². The van der Waals surface area contributed by atoms with E-state index in [1.165, 1.54) is 0 Å². The molecule has 220 valence electrons. The summed E-state index contributed by atoms with van der Waals surface area (Å²) in [5, 5.41) is 11.0. The smallest absolute Gasteiger partial charge is 0.408 e. The van der Waals surface area contributed by atoms with Gasteiger partial charge in [0.15, 0.2) is 0 Å². The van der Waals surface area contributed by atoms with Crippen LogP contribution in [0.4, 0.5) is 4.79 Å². The lowest BCUT2D eigenvalue weighted by molar-refractivity contribution is -0.136. The Bertz CT molecular complexity index is 1630. The molecule has 0 unspecified atom stereocenters. The number of aromatic nitrogens is 2. The third-order valence-corrected chi connectivity index (χ3v) is 7.97. The molecule has 1 aromatic heterocycles. The summed E-state index contributed by atoms with van der Waals surface area (Å²) in [6.07, 6.45) is 1.69. The number of hydrogen-bond donors (Lipinski definition) is 2. The number of hydrogen-bond acceptors (Lipinski definition) is 7. The summed E-state index contributed by atoms with van der Waals surface area (Å²) in [7, 11) is 0. The van der Waals surface area contributed by atoms with Crippen molar-refractivity contribution in [2.75, 3.05) is 32.8 Å². The van der Waals surface area contributed by atoms with E-state index in [0.717, 1.165) is 22.2 Å². The van der Waals surface area contributed by atoms with Crippen LogP contribution in [-0.2, 0) is 22.4 Å². The molecule has 3 amide bonds. The number of aromatic amines is 1. The number of nitrogens with zero attached hydrogens (tertiary/aromatic N) is 3. The van der Waals surface area contributed by atoms with Crippen LogP contribution >= 0.6 is 0 Å². The van der Waals surface area contributed by atoms with Crippen LogP contribution in [0.2, 0.25) is 0 Å². The summed E-state index contributed by atoms with van der Waals surface area (Å²) < 4.78 is 11.2. The first-order chi connectivity index (χ1) is 20.0. The van der Waals surface area contributed by atoms with Crippen molar-refractivity contribution >= 4 is 28.7 Å². The zero-order valence-electron chi connectivity index (χ0n) is 24.1. The van der Waals surface area contributed by atoms with Gasteiger partial charge in [0, 0.05) is 44.4 Å². The summed E-state index contributed by atoms with van der Waals surface area (Å²) >= 11 is 0. The molecule has 1 saturated heterocycles. The number of ether oxygens (including phenoxy) is 2. The molecule has 2 N–H and O–H groups in total. The first-order valence-corrected chi connectivity index (χ1v) is 14.4. The van der Waals surface area contributed by atoms with Crippen molar-refractivity contribution in [3.8, 4) is 5.75 Å². The lowest BCUT2D eigenvalue weighted by Gasteiger charge is -2.37. The van der Waals surface area contributed by atoms with E-state index in [1.807, 2.05) is 30.3 Å². The summed E-state index contributed by atoms with van der Waals surface area (Å²) in [6.45, 7) is 7.34. The van der Waals surface area contributed by atoms with E-state index in [9.17, 15) is 19.2 Å². The molecule has 3 aromatic rings. The van der Waals surface area contributed by atoms with E-state index in [2.05, 4.69) is 15.5 Å². The quantitative estimate of drug-likeness (QED) is 0.480. The molecule has 1 saturated carbocycles. The molecule has 2 aliphatic heterocycles. The minimum absolute atomic E-state index is 0.132. The van der Waals surface area contributed by atoms with Crippen LogP contribution in [0.1, 0.15) is 60.8 Å². The van der Waals surface area contributed by atoms with Crippen LogP contribution in [0, 0.1) is 0 Å². The molecule has 11 heteroatoms. The molecule has 11 nitrogen and oxygen atoms in total. The van der Waals surface area contributed by atoms with E-state index in [1.54, 1.807) is 36.6 Å².